The van der Waals surface area contributed by atoms with Crippen molar-refractivity contribution in [2.75, 3.05) is 11.1 Å². The normalized spacial score (nSPS) is 10.6. The number of carbonyl (C=O) groups is 2. The van der Waals surface area contributed by atoms with Crippen LogP contribution in [-0.2, 0) is 11.3 Å². The van der Waals surface area contributed by atoms with Crippen molar-refractivity contribution in [2.45, 2.75) is 18.6 Å². The molecule has 0 aliphatic carbocycles. The zero-order chi connectivity index (χ0) is 20.8. The number of hydrogen-bond acceptors (Lipinski definition) is 5. The Morgan fingerprint density at radius 3 is 2.45 bits per heavy atom. The second-order valence-corrected chi connectivity index (χ2v) is 8.04. The van der Waals surface area contributed by atoms with E-state index in [1.165, 1.54) is 18.7 Å². The van der Waals surface area contributed by atoms with Crippen LogP contribution >= 0.6 is 27.7 Å². The van der Waals surface area contributed by atoms with Crippen molar-refractivity contribution in [1.29, 1.82) is 0 Å². The summed E-state index contributed by atoms with van der Waals surface area (Å²) in [5.41, 5.74) is 2.18. The van der Waals surface area contributed by atoms with Crippen LogP contribution in [0.25, 0.3) is 11.4 Å². The second kappa shape index (κ2) is 9.67. The Kier molecular flexibility index (Phi) is 7.00. The Hall–Kier alpha value is -2.71. The van der Waals surface area contributed by atoms with Crippen LogP contribution in [0.3, 0.4) is 0 Å². The molecule has 0 radical (unpaired) electrons. The van der Waals surface area contributed by atoms with E-state index in [2.05, 4.69) is 38.0 Å². The third-order valence-corrected chi connectivity index (χ3v) is 5.49. The number of ketones is 1. The number of aromatic nitrogens is 3. The summed E-state index contributed by atoms with van der Waals surface area (Å²) in [6, 6.07) is 14.7. The Morgan fingerprint density at radius 1 is 1.14 bits per heavy atom. The number of halogens is 1. The molecule has 0 fully saturated rings. The SMILES string of the molecule is C=CCn1c(SCC(=O)c2ccc(NC(C)=O)cc2)nnc1-c1ccc(Br)cc1. The summed E-state index contributed by atoms with van der Waals surface area (Å²) in [6.45, 7) is 5.79. The van der Waals surface area contributed by atoms with Crippen molar-refractivity contribution in [3.8, 4) is 11.4 Å². The Morgan fingerprint density at radius 2 is 1.83 bits per heavy atom. The van der Waals surface area contributed by atoms with Crippen molar-refractivity contribution in [3.63, 3.8) is 0 Å². The number of rotatable bonds is 8. The topological polar surface area (TPSA) is 76.9 Å². The average molecular weight is 471 g/mol. The van der Waals surface area contributed by atoms with Gasteiger partial charge in [0, 0.05) is 34.8 Å². The molecule has 1 heterocycles. The minimum Gasteiger partial charge on any atom is -0.326 e. The highest BCUT2D eigenvalue weighted by Gasteiger charge is 2.15. The van der Waals surface area contributed by atoms with Gasteiger partial charge in [0.1, 0.15) is 0 Å². The van der Waals surface area contributed by atoms with E-state index >= 15 is 0 Å². The molecule has 148 valence electrons. The quantitative estimate of drug-likeness (QED) is 0.290. The Balaban J connectivity index is 1.73. The molecule has 0 unspecified atom stereocenters. The highest BCUT2D eigenvalue weighted by atomic mass is 79.9. The van der Waals surface area contributed by atoms with Crippen LogP contribution in [0.2, 0.25) is 0 Å². The number of thioether (sulfide) groups is 1. The summed E-state index contributed by atoms with van der Waals surface area (Å²) < 4.78 is 2.93. The minimum atomic E-state index is -0.150. The highest BCUT2D eigenvalue weighted by Crippen LogP contribution is 2.26. The monoisotopic (exact) mass is 470 g/mol. The van der Waals surface area contributed by atoms with E-state index in [1.807, 2.05) is 28.8 Å². The van der Waals surface area contributed by atoms with Gasteiger partial charge in [-0.05, 0) is 36.4 Å². The number of anilines is 1. The fourth-order valence-electron chi connectivity index (χ4n) is 2.66. The van der Waals surface area contributed by atoms with E-state index in [-0.39, 0.29) is 17.4 Å². The van der Waals surface area contributed by atoms with Crippen LogP contribution in [0.1, 0.15) is 17.3 Å². The maximum atomic E-state index is 12.5. The van der Waals surface area contributed by atoms with Crippen LogP contribution in [0, 0.1) is 0 Å². The van der Waals surface area contributed by atoms with Gasteiger partial charge in [0.15, 0.2) is 16.8 Å². The lowest BCUT2D eigenvalue weighted by atomic mass is 10.1. The zero-order valence-corrected chi connectivity index (χ0v) is 18.2. The lowest BCUT2D eigenvalue weighted by molar-refractivity contribution is -0.114. The number of allylic oxidation sites excluding steroid dienone is 1. The van der Waals surface area contributed by atoms with Gasteiger partial charge in [-0.15, -0.1) is 16.8 Å². The standard InChI is InChI=1S/C21H19BrN4O2S/c1-3-12-26-20(16-4-8-17(22)9-5-16)24-25-21(26)29-13-19(28)15-6-10-18(11-7-15)23-14(2)27/h3-11H,1,12-13H2,2H3,(H,23,27). The zero-order valence-electron chi connectivity index (χ0n) is 15.8. The average Bonchev–Trinajstić information content (AvgIpc) is 3.10. The first-order chi connectivity index (χ1) is 14.0. The van der Waals surface area contributed by atoms with Crippen molar-refractivity contribution in [2.24, 2.45) is 0 Å². The summed E-state index contributed by atoms with van der Waals surface area (Å²) in [4.78, 5) is 23.6. The van der Waals surface area contributed by atoms with E-state index < -0.39 is 0 Å². The molecule has 0 atom stereocenters. The summed E-state index contributed by atoms with van der Waals surface area (Å²) in [5, 5.41) is 11.9. The van der Waals surface area contributed by atoms with E-state index in [4.69, 9.17) is 0 Å². The van der Waals surface area contributed by atoms with Crippen LogP contribution in [-0.4, -0.2) is 32.2 Å². The minimum absolute atomic E-state index is 0.0253. The Bertz CT molecular complexity index is 1030. The fourth-order valence-corrected chi connectivity index (χ4v) is 3.76. The molecule has 0 saturated heterocycles. The summed E-state index contributed by atoms with van der Waals surface area (Å²) >= 11 is 4.77. The molecule has 8 heteroatoms. The van der Waals surface area contributed by atoms with Crippen LogP contribution < -0.4 is 5.32 Å². The molecule has 0 saturated carbocycles. The van der Waals surface area contributed by atoms with Gasteiger partial charge in [0.25, 0.3) is 0 Å². The molecule has 1 amide bonds. The fraction of sp³-hybridized carbons (Fsp3) is 0.143. The van der Waals surface area contributed by atoms with Gasteiger partial charge in [0.05, 0.1) is 5.75 Å². The summed E-state index contributed by atoms with van der Waals surface area (Å²) in [6.07, 6.45) is 1.78. The van der Waals surface area contributed by atoms with Crippen molar-refractivity contribution < 1.29 is 9.59 Å². The molecular formula is C21H19BrN4O2S. The predicted octanol–water partition coefficient (Wildman–Crippen LogP) is 4.83. The Labute approximate surface area is 181 Å². The van der Waals surface area contributed by atoms with Gasteiger partial charge in [-0.3, -0.25) is 14.2 Å². The molecule has 3 rings (SSSR count). The third-order valence-electron chi connectivity index (χ3n) is 3.99. The van der Waals surface area contributed by atoms with Crippen molar-refractivity contribution >= 4 is 45.1 Å². The lowest BCUT2D eigenvalue weighted by Gasteiger charge is -2.08. The molecule has 2 aromatic carbocycles. The van der Waals surface area contributed by atoms with Gasteiger partial charge in [-0.25, -0.2) is 0 Å². The molecule has 0 aliphatic heterocycles. The molecule has 29 heavy (non-hydrogen) atoms. The number of amides is 1. The van der Waals surface area contributed by atoms with Crippen LogP contribution in [0.5, 0.6) is 0 Å². The summed E-state index contributed by atoms with van der Waals surface area (Å²) in [7, 11) is 0. The van der Waals surface area contributed by atoms with Crippen molar-refractivity contribution in [1.82, 2.24) is 14.8 Å². The third kappa shape index (κ3) is 5.42. The first-order valence-electron chi connectivity index (χ1n) is 8.81. The maximum Gasteiger partial charge on any atom is 0.221 e. The molecule has 0 spiro atoms. The maximum absolute atomic E-state index is 12.5. The molecule has 1 N–H and O–H groups in total. The van der Waals surface area contributed by atoms with E-state index in [9.17, 15) is 9.59 Å². The number of nitrogens with one attached hydrogen (secondary N) is 1. The largest absolute Gasteiger partial charge is 0.326 e. The van der Waals surface area contributed by atoms with Gasteiger partial charge in [0.2, 0.25) is 5.91 Å². The van der Waals surface area contributed by atoms with Crippen LogP contribution in [0.15, 0.2) is 70.8 Å². The smallest absolute Gasteiger partial charge is 0.221 e. The number of carbonyl (C=O) groups excluding carboxylic acids is 2. The predicted molar refractivity (Wildman–Crippen MR) is 119 cm³/mol. The van der Waals surface area contributed by atoms with Crippen molar-refractivity contribution in [3.05, 3.63) is 71.2 Å². The lowest BCUT2D eigenvalue weighted by Crippen LogP contribution is -2.07. The number of benzene rings is 2. The second-order valence-electron chi connectivity index (χ2n) is 6.18. The molecule has 6 nitrogen and oxygen atoms in total. The first-order valence-corrected chi connectivity index (χ1v) is 10.6. The highest BCUT2D eigenvalue weighted by molar-refractivity contribution is 9.10. The van der Waals surface area contributed by atoms with Gasteiger partial charge in [-0.1, -0.05) is 45.9 Å². The van der Waals surface area contributed by atoms with Gasteiger partial charge >= 0.3 is 0 Å². The van der Waals surface area contributed by atoms with E-state index in [0.29, 0.717) is 23.0 Å². The van der Waals surface area contributed by atoms with Crippen LogP contribution in [0.4, 0.5) is 5.69 Å². The van der Waals surface area contributed by atoms with E-state index in [0.717, 1.165) is 15.9 Å². The molecule has 0 aliphatic rings. The van der Waals surface area contributed by atoms with Gasteiger partial charge < -0.3 is 5.32 Å². The number of nitrogens with zero attached hydrogens (tertiary/aromatic N) is 3. The molecular weight excluding hydrogens is 452 g/mol. The first kappa shape index (κ1) is 21.0. The number of Topliss-reactive ketones (excluding diaryl/α,β-unsaturated/α-hetero) is 1. The summed E-state index contributed by atoms with van der Waals surface area (Å²) in [5.74, 6) is 0.784. The molecule has 3 aromatic rings. The van der Waals surface area contributed by atoms with E-state index in [1.54, 1.807) is 30.3 Å². The number of hydrogen-bond donors (Lipinski definition) is 1. The molecule has 0 bridgehead atoms. The molecule has 1 aromatic heterocycles. The van der Waals surface area contributed by atoms with Gasteiger partial charge in [-0.2, -0.15) is 0 Å².